The molecule has 1 fully saturated rings. The first-order valence-electron chi connectivity index (χ1n) is 11.1. The number of aryl methyl sites for hydroxylation is 1. The van der Waals surface area contributed by atoms with Gasteiger partial charge in [-0.15, -0.1) is 0 Å². The van der Waals surface area contributed by atoms with E-state index in [4.69, 9.17) is 0 Å². The van der Waals surface area contributed by atoms with E-state index in [1.54, 1.807) is 17.0 Å². The maximum atomic E-state index is 12.7. The van der Waals surface area contributed by atoms with Crippen molar-refractivity contribution in [2.75, 3.05) is 18.4 Å². The molecule has 1 saturated heterocycles. The van der Waals surface area contributed by atoms with Crippen LogP contribution in [0.15, 0.2) is 73.1 Å². The maximum Gasteiger partial charge on any atom is 0.246 e. The van der Waals surface area contributed by atoms with Crippen molar-refractivity contribution in [1.29, 1.82) is 0 Å². The monoisotopic (exact) mass is 428 g/mol. The molecule has 1 aliphatic heterocycles. The molecule has 6 heteroatoms. The molecule has 2 heterocycles. The van der Waals surface area contributed by atoms with Crippen molar-refractivity contribution in [3.05, 3.63) is 78.6 Å². The Morgan fingerprint density at radius 1 is 1.06 bits per heavy atom. The van der Waals surface area contributed by atoms with Gasteiger partial charge in [0.25, 0.3) is 0 Å². The van der Waals surface area contributed by atoms with Crippen LogP contribution in [-0.4, -0.2) is 39.6 Å². The van der Waals surface area contributed by atoms with Gasteiger partial charge in [-0.05, 0) is 48.6 Å². The molecule has 1 N–H and O–H groups in total. The first kappa shape index (κ1) is 21.6. The summed E-state index contributed by atoms with van der Waals surface area (Å²) in [6.45, 7) is 3.93. The second kappa shape index (κ2) is 10.1. The number of rotatable bonds is 6. The lowest BCUT2D eigenvalue weighted by Crippen LogP contribution is -2.40. The third-order valence-corrected chi connectivity index (χ3v) is 5.81. The second-order valence-electron chi connectivity index (χ2n) is 8.00. The number of piperidine rings is 1. The molecule has 0 bridgehead atoms. The summed E-state index contributed by atoms with van der Waals surface area (Å²) in [5, 5.41) is 7.11. The minimum atomic E-state index is -0.0874. The summed E-state index contributed by atoms with van der Waals surface area (Å²) in [5.74, 6) is -0.102. The standard InChI is InChI=1S/C26H28N4O2/c1-2-30-19-24(18-27-30)28-26(32)22-13-15-29(16-14-22)25(31)12-11-20-7-6-10-23(17-20)21-8-4-3-5-9-21/h3-12,17-19,22H,2,13-16H2,1H3,(H,28,32)/b12-11+. The highest BCUT2D eigenvalue weighted by Crippen LogP contribution is 2.22. The van der Waals surface area contributed by atoms with Gasteiger partial charge >= 0.3 is 0 Å². The van der Waals surface area contributed by atoms with E-state index in [1.165, 1.54) is 0 Å². The van der Waals surface area contributed by atoms with Gasteiger partial charge in [0.2, 0.25) is 11.8 Å². The van der Waals surface area contributed by atoms with Gasteiger partial charge in [-0.3, -0.25) is 14.3 Å². The van der Waals surface area contributed by atoms with Gasteiger partial charge in [0.1, 0.15) is 0 Å². The summed E-state index contributed by atoms with van der Waals surface area (Å²) in [4.78, 5) is 27.0. The number of benzene rings is 2. The molecule has 0 unspecified atom stereocenters. The van der Waals surface area contributed by atoms with E-state index < -0.39 is 0 Å². The number of nitrogens with zero attached hydrogens (tertiary/aromatic N) is 3. The molecule has 1 aliphatic rings. The summed E-state index contributed by atoms with van der Waals surface area (Å²) in [7, 11) is 0. The van der Waals surface area contributed by atoms with Crippen LogP contribution in [0.5, 0.6) is 0 Å². The zero-order valence-electron chi connectivity index (χ0n) is 18.3. The Kier molecular flexibility index (Phi) is 6.80. The van der Waals surface area contributed by atoms with E-state index in [0.29, 0.717) is 25.9 Å². The molecule has 0 aliphatic carbocycles. The molecule has 0 atom stereocenters. The van der Waals surface area contributed by atoms with E-state index in [-0.39, 0.29) is 17.7 Å². The quantitative estimate of drug-likeness (QED) is 0.590. The SMILES string of the molecule is CCn1cc(NC(=O)C2CCN(C(=O)/C=C/c3cccc(-c4ccccc4)c3)CC2)cn1. The van der Waals surface area contributed by atoms with Crippen molar-refractivity contribution >= 4 is 23.6 Å². The van der Waals surface area contributed by atoms with Gasteiger partial charge in [-0.2, -0.15) is 5.10 Å². The summed E-state index contributed by atoms with van der Waals surface area (Å²) in [6.07, 6.45) is 8.31. The lowest BCUT2D eigenvalue weighted by molar-refractivity contribution is -0.130. The highest BCUT2D eigenvalue weighted by atomic mass is 16.2. The van der Waals surface area contributed by atoms with Crippen LogP contribution in [-0.2, 0) is 16.1 Å². The van der Waals surface area contributed by atoms with Crippen LogP contribution in [0.2, 0.25) is 0 Å². The van der Waals surface area contributed by atoms with E-state index in [0.717, 1.165) is 28.9 Å². The number of hydrogen-bond donors (Lipinski definition) is 1. The van der Waals surface area contributed by atoms with Crippen LogP contribution in [0.25, 0.3) is 17.2 Å². The number of aromatic nitrogens is 2. The fraction of sp³-hybridized carbons (Fsp3) is 0.269. The topological polar surface area (TPSA) is 67.2 Å². The Morgan fingerprint density at radius 3 is 2.53 bits per heavy atom. The summed E-state index contributed by atoms with van der Waals surface area (Å²) in [6, 6.07) is 18.3. The van der Waals surface area contributed by atoms with Crippen molar-refractivity contribution in [2.45, 2.75) is 26.3 Å². The number of nitrogens with one attached hydrogen (secondary N) is 1. The molecule has 0 spiro atoms. The molecule has 164 valence electrons. The van der Waals surface area contributed by atoms with E-state index in [9.17, 15) is 9.59 Å². The molecule has 2 aromatic carbocycles. The van der Waals surface area contributed by atoms with E-state index in [1.807, 2.05) is 54.4 Å². The van der Waals surface area contributed by atoms with Crippen molar-refractivity contribution in [1.82, 2.24) is 14.7 Å². The van der Waals surface area contributed by atoms with E-state index >= 15 is 0 Å². The van der Waals surface area contributed by atoms with Crippen LogP contribution < -0.4 is 5.32 Å². The van der Waals surface area contributed by atoms with Gasteiger partial charge in [0.05, 0.1) is 11.9 Å². The molecule has 32 heavy (non-hydrogen) atoms. The Hall–Kier alpha value is -3.67. The normalized spacial score (nSPS) is 14.6. The van der Waals surface area contributed by atoms with E-state index in [2.05, 4.69) is 34.7 Å². The number of amides is 2. The fourth-order valence-corrected chi connectivity index (χ4v) is 3.93. The van der Waals surface area contributed by atoms with Crippen molar-refractivity contribution in [3.63, 3.8) is 0 Å². The molecular weight excluding hydrogens is 400 g/mol. The Morgan fingerprint density at radius 2 is 1.81 bits per heavy atom. The average molecular weight is 429 g/mol. The molecule has 3 aromatic rings. The first-order chi connectivity index (χ1) is 15.6. The van der Waals surface area contributed by atoms with Crippen LogP contribution in [0, 0.1) is 5.92 Å². The Labute approximate surface area is 188 Å². The van der Waals surface area contributed by atoms with Gasteiger partial charge < -0.3 is 10.2 Å². The number of hydrogen-bond acceptors (Lipinski definition) is 3. The van der Waals surface area contributed by atoms with Crippen molar-refractivity contribution in [3.8, 4) is 11.1 Å². The largest absolute Gasteiger partial charge is 0.339 e. The zero-order chi connectivity index (χ0) is 22.3. The van der Waals surface area contributed by atoms with Crippen molar-refractivity contribution in [2.24, 2.45) is 5.92 Å². The highest BCUT2D eigenvalue weighted by molar-refractivity contribution is 5.94. The summed E-state index contributed by atoms with van der Waals surface area (Å²) in [5.41, 5.74) is 3.98. The maximum absolute atomic E-state index is 12.7. The number of carbonyl (C=O) groups is 2. The molecule has 6 nitrogen and oxygen atoms in total. The highest BCUT2D eigenvalue weighted by Gasteiger charge is 2.26. The van der Waals surface area contributed by atoms with Crippen LogP contribution in [0.4, 0.5) is 5.69 Å². The predicted octanol–water partition coefficient (Wildman–Crippen LogP) is 4.46. The third kappa shape index (κ3) is 5.32. The fourth-order valence-electron chi connectivity index (χ4n) is 3.93. The number of anilines is 1. The number of carbonyl (C=O) groups excluding carboxylic acids is 2. The van der Waals surface area contributed by atoms with Crippen molar-refractivity contribution < 1.29 is 9.59 Å². The number of likely N-dealkylation sites (tertiary alicyclic amines) is 1. The summed E-state index contributed by atoms with van der Waals surface area (Å²) < 4.78 is 1.78. The Bertz CT molecular complexity index is 1100. The minimum absolute atomic E-state index is 0.000945. The molecule has 0 saturated carbocycles. The van der Waals surface area contributed by atoms with Crippen LogP contribution in [0.3, 0.4) is 0 Å². The molecular formula is C26H28N4O2. The summed E-state index contributed by atoms with van der Waals surface area (Å²) >= 11 is 0. The smallest absolute Gasteiger partial charge is 0.246 e. The molecule has 2 amide bonds. The van der Waals surface area contributed by atoms with Gasteiger partial charge in [0, 0.05) is 37.8 Å². The van der Waals surface area contributed by atoms with Gasteiger partial charge in [0.15, 0.2) is 0 Å². The molecule has 0 radical (unpaired) electrons. The lowest BCUT2D eigenvalue weighted by atomic mass is 9.95. The lowest BCUT2D eigenvalue weighted by Gasteiger charge is -2.30. The molecule has 1 aromatic heterocycles. The predicted molar refractivity (Wildman–Crippen MR) is 127 cm³/mol. The first-order valence-corrected chi connectivity index (χ1v) is 11.1. The average Bonchev–Trinajstić information content (AvgIpc) is 3.31. The third-order valence-electron chi connectivity index (χ3n) is 5.81. The molecule has 4 rings (SSSR count). The van der Waals surface area contributed by atoms with Gasteiger partial charge in [-0.25, -0.2) is 0 Å². The Balaban J connectivity index is 1.30. The zero-order valence-corrected chi connectivity index (χ0v) is 18.3. The minimum Gasteiger partial charge on any atom is -0.339 e. The van der Waals surface area contributed by atoms with Crippen LogP contribution in [0.1, 0.15) is 25.3 Å². The van der Waals surface area contributed by atoms with Crippen LogP contribution >= 0.6 is 0 Å². The van der Waals surface area contributed by atoms with Gasteiger partial charge in [-0.1, -0.05) is 48.5 Å². The second-order valence-corrected chi connectivity index (χ2v) is 8.00.